The molecule has 23 heavy (non-hydrogen) atoms. The Kier molecular flexibility index (Phi) is 4.40. The molecule has 0 aliphatic carbocycles. The third-order valence-corrected chi connectivity index (χ3v) is 6.83. The van der Waals surface area contributed by atoms with Crippen molar-refractivity contribution in [2.24, 2.45) is 5.92 Å². The second-order valence-corrected chi connectivity index (χ2v) is 9.64. The molecule has 0 amide bonds. The molecule has 1 aromatic heterocycles. The van der Waals surface area contributed by atoms with Crippen LogP contribution < -0.4 is 4.90 Å². The van der Waals surface area contributed by atoms with Crippen LogP contribution in [0.1, 0.15) is 18.2 Å². The minimum Gasteiger partial charge on any atom is -0.369 e. The zero-order valence-corrected chi connectivity index (χ0v) is 16.0. The van der Waals surface area contributed by atoms with Crippen LogP contribution >= 0.6 is 15.9 Å². The van der Waals surface area contributed by atoms with Crippen molar-refractivity contribution >= 4 is 42.4 Å². The van der Waals surface area contributed by atoms with Gasteiger partial charge in [-0.2, -0.15) is 0 Å². The predicted octanol–water partition coefficient (Wildman–Crippen LogP) is 3.49. The smallest absolute Gasteiger partial charge is 0.152 e. The minimum atomic E-state index is -2.96. The van der Waals surface area contributed by atoms with Crippen molar-refractivity contribution in [3.8, 4) is 0 Å². The Hall–Kier alpha value is -1.14. The zero-order chi connectivity index (χ0) is 16.8. The maximum atomic E-state index is 12.1. The quantitative estimate of drug-likeness (QED) is 0.739. The lowest BCUT2D eigenvalue weighted by molar-refractivity contribution is 0.581. The van der Waals surface area contributed by atoms with Gasteiger partial charge in [0.25, 0.3) is 0 Å². The highest BCUT2D eigenvalue weighted by Crippen LogP contribution is 2.34. The summed E-state index contributed by atoms with van der Waals surface area (Å²) >= 11 is 3.54. The number of rotatable bonds is 1. The van der Waals surface area contributed by atoms with Crippen LogP contribution in [0.15, 0.2) is 22.7 Å². The minimum absolute atomic E-state index is 0.123. The fraction of sp³-hybridized carbons (Fsp3) is 0.471. The molecule has 1 aliphatic rings. The van der Waals surface area contributed by atoms with E-state index in [0.29, 0.717) is 6.54 Å². The molecule has 2 aromatic rings. The molecule has 1 aliphatic heterocycles. The van der Waals surface area contributed by atoms with Gasteiger partial charge in [-0.3, -0.25) is 4.98 Å². The van der Waals surface area contributed by atoms with Crippen molar-refractivity contribution in [2.45, 2.75) is 20.8 Å². The number of benzene rings is 1. The summed E-state index contributed by atoms with van der Waals surface area (Å²) in [6.45, 7) is 7.39. The standard InChI is InChI=1S/C17H21BrN2O2S/c1-11-9-20(6-7-23(21,22)10-11)17-12(2)13(3)19-16-5-4-14(18)8-15(16)17/h4-5,8,11H,6-7,9-10H2,1-3H3. The highest BCUT2D eigenvalue weighted by molar-refractivity contribution is 9.10. The molecular formula is C17H21BrN2O2S. The number of pyridine rings is 1. The molecule has 1 fully saturated rings. The Balaban J connectivity index is 2.18. The summed E-state index contributed by atoms with van der Waals surface area (Å²) in [5, 5.41) is 1.08. The highest BCUT2D eigenvalue weighted by Gasteiger charge is 2.26. The zero-order valence-electron chi connectivity index (χ0n) is 13.6. The molecule has 0 N–H and O–H groups in total. The van der Waals surface area contributed by atoms with Gasteiger partial charge in [0.05, 0.1) is 22.7 Å². The molecule has 1 saturated heterocycles. The second-order valence-electron chi connectivity index (χ2n) is 6.50. The topological polar surface area (TPSA) is 50.3 Å². The number of aryl methyl sites for hydroxylation is 1. The first-order valence-electron chi connectivity index (χ1n) is 7.78. The Morgan fingerprint density at radius 2 is 2.04 bits per heavy atom. The largest absolute Gasteiger partial charge is 0.369 e. The average Bonchev–Trinajstić information content (AvgIpc) is 2.58. The fourth-order valence-electron chi connectivity index (χ4n) is 3.33. The summed E-state index contributed by atoms with van der Waals surface area (Å²) in [4.78, 5) is 6.91. The summed E-state index contributed by atoms with van der Waals surface area (Å²) < 4.78 is 25.2. The van der Waals surface area contributed by atoms with Crippen molar-refractivity contribution in [3.63, 3.8) is 0 Å². The number of hydrogen-bond acceptors (Lipinski definition) is 4. The van der Waals surface area contributed by atoms with Gasteiger partial charge < -0.3 is 4.90 Å². The van der Waals surface area contributed by atoms with E-state index in [1.807, 2.05) is 26.0 Å². The van der Waals surface area contributed by atoms with E-state index in [2.05, 4.69) is 38.8 Å². The Labute approximate surface area is 145 Å². The van der Waals surface area contributed by atoms with Crippen molar-refractivity contribution in [3.05, 3.63) is 33.9 Å². The molecule has 0 saturated carbocycles. The van der Waals surface area contributed by atoms with Crippen molar-refractivity contribution < 1.29 is 8.42 Å². The van der Waals surface area contributed by atoms with E-state index in [9.17, 15) is 8.42 Å². The number of hydrogen-bond donors (Lipinski definition) is 0. The van der Waals surface area contributed by atoms with E-state index >= 15 is 0 Å². The normalized spacial score (nSPS) is 21.4. The van der Waals surface area contributed by atoms with E-state index in [1.165, 1.54) is 0 Å². The van der Waals surface area contributed by atoms with E-state index in [4.69, 9.17) is 0 Å². The molecule has 0 bridgehead atoms. The molecule has 1 unspecified atom stereocenters. The third-order valence-electron chi connectivity index (χ3n) is 4.46. The van der Waals surface area contributed by atoms with Crippen molar-refractivity contribution in [1.82, 2.24) is 4.98 Å². The molecular weight excluding hydrogens is 376 g/mol. The van der Waals surface area contributed by atoms with E-state index < -0.39 is 9.84 Å². The number of nitrogens with zero attached hydrogens (tertiary/aromatic N) is 2. The third kappa shape index (κ3) is 3.38. The molecule has 6 heteroatoms. The number of sulfone groups is 1. The Morgan fingerprint density at radius 1 is 1.30 bits per heavy atom. The fourth-order valence-corrected chi connectivity index (χ4v) is 5.33. The molecule has 0 spiro atoms. The molecule has 2 heterocycles. The molecule has 3 rings (SSSR count). The lowest BCUT2D eigenvalue weighted by Crippen LogP contribution is -2.30. The van der Waals surface area contributed by atoms with E-state index in [0.717, 1.165) is 38.9 Å². The van der Waals surface area contributed by atoms with Crippen LogP contribution in [-0.4, -0.2) is 38.0 Å². The summed E-state index contributed by atoms with van der Waals surface area (Å²) in [6, 6.07) is 6.07. The predicted molar refractivity (Wildman–Crippen MR) is 98.9 cm³/mol. The van der Waals surface area contributed by atoms with Crippen molar-refractivity contribution in [2.75, 3.05) is 29.5 Å². The number of fused-ring (bicyclic) bond motifs is 1. The molecule has 1 aromatic carbocycles. The second kappa shape index (κ2) is 6.06. The average molecular weight is 397 g/mol. The number of halogens is 1. The van der Waals surface area contributed by atoms with Crippen LogP contribution in [0.3, 0.4) is 0 Å². The van der Waals surface area contributed by atoms with Gasteiger partial charge in [0, 0.05) is 28.6 Å². The van der Waals surface area contributed by atoms with Gasteiger partial charge in [-0.1, -0.05) is 22.9 Å². The summed E-state index contributed by atoms with van der Waals surface area (Å²) in [6.07, 6.45) is 0. The van der Waals surface area contributed by atoms with Crippen LogP contribution in [0.5, 0.6) is 0 Å². The first kappa shape index (κ1) is 16.7. The molecule has 1 atom stereocenters. The Bertz CT molecular complexity index is 865. The van der Waals surface area contributed by atoms with Gasteiger partial charge in [0.1, 0.15) is 0 Å². The van der Waals surface area contributed by atoms with Gasteiger partial charge in [-0.15, -0.1) is 0 Å². The van der Waals surface area contributed by atoms with Crippen molar-refractivity contribution in [1.29, 1.82) is 0 Å². The maximum Gasteiger partial charge on any atom is 0.152 e. The van der Waals surface area contributed by atoms with Gasteiger partial charge in [0.15, 0.2) is 9.84 Å². The molecule has 124 valence electrons. The summed E-state index contributed by atoms with van der Waals surface area (Å²) in [7, 11) is -2.96. The van der Waals surface area contributed by atoms with Gasteiger partial charge in [-0.05, 0) is 43.5 Å². The van der Waals surface area contributed by atoms with Crippen LogP contribution in [0.2, 0.25) is 0 Å². The lowest BCUT2D eigenvalue weighted by Gasteiger charge is -2.28. The highest BCUT2D eigenvalue weighted by atomic mass is 79.9. The van der Waals surface area contributed by atoms with Crippen LogP contribution in [-0.2, 0) is 9.84 Å². The SMILES string of the molecule is Cc1nc2ccc(Br)cc2c(N2CCS(=O)(=O)CC(C)C2)c1C. The van der Waals surface area contributed by atoms with Gasteiger partial charge in [-0.25, -0.2) is 8.42 Å². The number of anilines is 1. The molecule has 4 nitrogen and oxygen atoms in total. The van der Waals surface area contributed by atoms with E-state index in [-0.39, 0.29) is 17.4 Å². The van der Waals surface area contributed by atoms with Gasteiger partial charge >= 0.3 is 0 Å². The Morgan fingerprint density at radius 3 is 2.78 bits per heavy atom. The lowest BCUT2D eigenvalue weighted by atomic mass is 10.0. The summed E-state index contributed by atoms with van der Waals surface area (Å²) in [5.74, 6) is 0.611. The first-order valence-corrected chi connectivity index (χ1v) is 10.4. The van der Waals surface area contributed by atoms with Crippen LogP contribution in [0, 0.1) is 19.8 Å². The van der Waals surface area contributed by atoms with Crippen LogP contribution in [0.4, 0.5) is 5.69 Å². The molecule has 0 radical (unpaired) electrons. The van der Waals surface area contributed by atoms with E-state index in [1.54, 1.807) is 0 Å². The monoisotopic (exact) mass is 396 g/mol. The maximum absolute atomic E-state index is 12.1. The summed E-state index contributed by atoms with van der Waals surface area (Å²) in [5.41, 5.74) is 4.19. The van der Waals surface area contributed by atoms with Crippen LogP contribution in [0.25, 0.3) is 10.9 Å². The first-order chi connectivity index (χ1) is 10.8. The van der Waals surface area contributed by atoms with Gasteiger partial charge in [0.2, 0.25) is 0 Å². The number of aromatic nitrogens is 1.